The van der Waals surface area contributed by atoms with Gasteiger partial charge >= 0.3 is 0 Å². The van der Waals surface area contributed by atoms with E-state index in [0.717, 1.165) is 13.0 Å². The summed E-state index contributed by atoms with van der Waals surface area (Å²) in [6.07, 6.45) is 0.941. The SMILES string of the molecule is COc1cccc(OC)c1S(=O)(=O)NC1CNCCC1C. The van der Waals surface area contributed by atoms with Crippen molar-refractivity contribution in [3.8, 4) is 11.5 Å². The zero-order valence-corrected chi connectivity index (χ0v) is 13.4. The lowest BCUT2D eigenvalue weighted by Gasteiger charge is -2.30. The second-order valence-electron chi connectivity index (χ2n) is 5.19. The summed E-state index contributed by atoms with van der Waals surface area (Å²) in [4.78, 5) is 0.0489. The monoisotopic (exact) mass is 314 g/mol. The van der Waals surface area contributed by atoms with Crippen LogP contribution in [-0.2, 0) is 10.0 Å². The fourth-order valence-electron chi connectivity index (χ4n) is 2.49. The highest BCUT2D eigenvalue weighted by Crippen LogP contribution is 2.33. The first-order valence-corrected chi connectivity index (χ1v) is 8.42. The molecular formula is C14H22N2O4S. The number of nitrogens with one attached hydrogen (secondary N) is 2. The van der Waals surface area contributed by atoms with E-state index in [-0.39, 0.29) is 28.4 Å². The molecule has 2 rings (SSSR count). The highest BCUT2D eigenvalue weighted by molar-refractivity contribution is 7.89. The number of sulfonamides is 1. The van der Waals surface area contributed by atoms with Gasteiger partial charge in [-0.2, -0.15) is 0 Å². The summed E-state index contributed by atoms with van der Waals surface area (Å²) in [5, 5.41) is 3.21. The van der Waals surface area contributed by atoms with Crippen LogP contribution in [0.15, 0.2) is 23.1 Å². The molecule has 1 heterocycles. The van der Waals surface area contributed by atoms with Crippen molar-refractivity contribution in [2.75, 3.05) is 27.3 Å². The molecule has 2 unspecified atom stereocenters. The Morgan fingerprint density at radius 3 is 2.38 bits per heavy atom. The lowest BCUT2D eigenvalue weighted by Crippen LogP contribution is -2.50. The van der Waals surface area contributed by atoms with Crippen LogP contribution in [0.3, 0.4) is 0 Å². The molecule has 2 atom stereocenters. The average molecular weight is 314 g/mol. The highest BCUT2D eigenvalue weighted by Gasteiger charge is 2.30. The van der Waals surface area contributed by atoms with Gasteiger partial charge in [-0.15, -0.1) is 0 Å². The number of piperidine rings is 1. The van der Waals surface area contributed by atoms with Gasteiger partial charge in [0.15, 0.2) is 4.90 Å². The van der Waals surface area contributed by atoms with Crippen LogP contribution in [0.4, 0.5) is 0 Å². The molecule has 1 saturated heterocycles. The van der Waals surface area contributed by atoms with E-state index in [2.05, 4.69) is 10.0 Å². The van der Waals surface area contributed by atoms with Gasteiger partial charge in [-0.25, -0.2) is 13.1 Å². The zero-order valence-electron chi connectivity index (χ0n) is 12.5. The minimum atomic E-state index is -3.72. The van der Waals surface area contributed by atoms with Crippen molar-refractivity contribution >= 4 is 10.0 Å². The fourth-order valence-corrected chi connectivity index (χ4v) is 4.15. The van der Waals surface area contributed by atoms with Gasteiger partial charge in [0.05, 0.1) is 14.2 Å². The molecule has 1 aromatic carbocycles. The van der Waals surface area contributed by atoms with Gasteiger partial charge in [-0.1, -0.05) is 13.0 Å². The van der Waals surface area contributed by atoms with Crippen LogP contribution in [0.2, 0.25) is 0 Å². The number of benzene rings is 1. The third kappa shape index (κ3) is 3.48. The standard InChI is InChI=1S/C14H22N2O4S/c1-10-7-8-15-9-11(10)16-21(17,18)14-12(19-2)5-4-6-13(14)20-3/h4-6,10-11,15-16H,7-9H2,1-3H3. The second kappa shape index (κ2) is 6.64. The summed E-state index contributed by atoms with van der Waals surface area (Å²) in [6, 6.07) is 4.78. The molecule has 118 valence electrons. The van der Waals surface area contributed by atoms with Crippen molar-refractivity contribution in [2.45, 2.75) is 24.3 Å². The first-order chi connectivity index (χ1) is 9.99. The highest BCUT2D eigenvalue weighted by atomic mass is 32.2. The Kier molecular flexibility index (Phi) is 5.08. The Hall–Kier alpha value is -1.31. The van der Waals surface area contributed by atoms with Crippen molar-refractivity contribution in [1.29, 1.82) is 0 Å². The molecule has 0 bridgehead atoms. The van der Waals surface area contributed by atoms with E-state index in [4.69, 9.17) is 9.47 Å². The van der Waals surface area contributed by atoms with Gasteiger partial charge in [0.2, 0.25) is 10.0 Å². The van der Waals surface area contributed by atoms with Gasteiger partial charge < -0.3 is 14.8 Å². The topological polar surface area (TPSA) is 76.7 Å². The van der Waals surface area contributed by atoms with Gasteiger partial charge in [0.1, 0.15) is 11.5 Å². The molecule has 21 heavy (non-hydrogen) atoms. The molecule has 1 fully saturated rings. The Morgan fingerprint density at radius 2 is 1.86 bits per heavy atom. The summed E-state index contributed by atoms with van der Waals surface area (Å²) in [5.41, 5.74) is 0. The third-order valence-electron chi connectivity index (χ3n) is 3.79. The van der Waals surface area contributed by atoms with E-state index in [1.807, 2.05) is 6.92 Å². The molecule has 0 radical (unpaired) electrons. The second-order valence-corrected chi connectivity index (χ2v) is 6.84. The van der Waals surface area contributed by atoms with Gasteiger partial charge in [0.25, 0.3) is 0 Å². The summed E-state index contributed by atoms with van der Waals surface area (Å²) >= 11 is 0. The van der Waals surface area contributed by atoms with Crippen LogP contribution in [0, 0.1) is 5.92 Å². The maximum absolute atomic E-state index is 12.7. The number of rotatable bonds is 5. The predicted octanol–water partition coefficient (Wildman–Crippen LogP) is 0.980. The smallest absolute Gasteiger partial charge is 0.248 e. The average Bonchev–Trinajstić information content (AvgIpc) is 2.48. The Labute approximate surface area is 125 Å². The summed E-state index contributed by atoms with van der Waals surface area (Å²) in [5.74, 6) is 0.832. The fraction of sp³-hybridized carbons (Fsp3) is 0.571. The molecule has 1 aliphatic rings. The molecule has 0 saturated carbocycles. The van der Waals surface area contributed by atoms with Gasteiger partial charge in [0, 0.05) is 12.6 Å². The molecule has 2 N–H and O–H groups in total. The van der Waals surface area contributed by atoms with E-state index in [1.165, 1.54) is 14.2 Å². The molecule has 0 aliphatic carbocycles. The van der Waals surface area contributed by atoms with Crippen LogP contribution in [0.25, 0.3) is 0 Å². The van der Waals surface area contributed by atoms with Crippen molar-refractivity contribution in [3.63, 3.8) is 0 Å². The van der Waals surface area contributed by atoms with E-state index in [9.17, 15) is 8.42 Å². The largest absolute Gasteiger partial charge is 0.495 e. The summed E-state index contributed by atoms with van der Waals surface area (Å²) in [7, 11) is -0.832. The van der Waals surface area contributed by atoms with Crippen LogP contribution in [-0.4, -0.2) is 41.8 Å². The Bertz CT molecular complexity index is 566. The number of ether oxygens (including phenoxy) is 2. The Morgan fingerprint density at radius 1 is 1.24 bits per heavy atom. The maximum Gasteiger partial charge on any atom is 0.248 e. The quantitative estimate of drug-likeness (QED) is 0.847. The molecule has 0 aromatic heterocycles. The van der Waals surface area contributed by atoms with Crippen LogP contribution >= 0.6 is 0 Å². The van der Waals surface area contributed by atoms with E-state index in [0.29, 0.717) is 6.54 Å². The maximum atomic E-state index is 12.7. The Balaban J connectivity index is 2.35. The molecular weight excluding hydrogens is 292 g/mol. The first-order valence-electron chi connectivity index (χ1n) is 6.93. The van der Waals surface area contributed by atoms with E-state index >= 15 is 0 Å². The van der Waals surface area contributed by atoms with Crippen LogP contribution in [0.5, 0.6) is 11.5 Å². The molecule has 0 spiro atoms. The lowest BCUT2D eigenvalue weighted by molar-refractivity contribution is 0.325. The normalized spacial score (nSPS) is 22.8. The molecule has 1 aromatic rings. The minimum Gasteiger partial charge on any atom is -0.495 e. The van der Waals surface area contributed by atoms with Crippen molar-refractivity contribution in [1.82, 2.24) is 10.0 Å². The van der Waals surface area contributed by atoms with Crippen LogP contribution in [0.1, 0.15) is 13.3 Å². The number of methoxy groups -OCH3 is 2. The van der Waals surface area contributed by atoms with Gasteiger partial charge in [-0.3, -0.25) is 0 Å². The van der Waals surface area contributed by atoms with Crippen molar-refractivity contribution < 1.29 is 17.9 Å². The lowest BCUT2D eigenvalue weighted by atomic mass is 9.96. The first kappa shape index (κ1) is 16.1. The minimum absolute atomic E-state index is 0.0489. The molecule has 1 aliphatic heterocycles. The number of hydrogen-bond acceptors (Lipinski definition) is 5. The molecule has 7 heteroatoms. The molecule has 6 nitrogen and oxygen atoms in total. The van der Waals surface area contributed by atoms with Crippen molar-refractivity contribution in [2.24, 2.45) is 5.92 Å². The van der Waals surface area contributed by atoms with E-state index < -0.39 is 10.0 Å². The predicted molar refractivity (Wildman–Crippen MR) is 80.3 cm³/mol. The van der Waals surface area contributed by atoms with Gasteiger partial charge in [-0.05, 0) is 31.0 Å². The van der Waals surface area contributed by atoms with Crippen LogP contribution < -0.4 is 19.5 Å². The van der Waals surface area contributed by atoms with E-state index in [1.54, 1.807) is 18.2 Å². The molecule has 0 amide bonds. The number of hydrogen-bond donors (Lipinski definition) is 2. The zero-order chi connectivity index (χ0) is 15.5. The third-order valence-corrected chi connectivity index (χ3v) is 5.34. The van der Waals surface area contributed by atoms with Crippen molar-refractivity contribution in [3.05, 3.63) is 18.2 Å². The summed E-state index contributed by atoms with van der Waals surface area (Å²) < 4.78 is 38.5. The summed E-state index contributed by atoms with van der Waals surface area (Å²) in [6.45, 7) is 3.59.